The molecule has 0 unspecified atom stereocenters. The van der Waals surface area contributed by atoms with Crippen molar-refractivity contribution in [2.75, 3.05) is 5.32 Å². The fraction of sp³-hybridized carbons (Fsp3) is 0.333. The SMILES string of the molecule is CCCCc1nnc(NC(=O)c2cnn(-c3ccc(F)cc3)c2CC)s1. The van der Waals surface area contributed by atoms with Crippen molar-refractivity contribution in [3.8, 4) is 5.69 Å². The average Bonchev–Trinajstić information content (AvgIpc) is 3.27. The molecule has 3 rings (SSSR count). The number of nitrogens with zero attached hydrogens (tertiary/aromatic N) is 4. The molecule has 0 saturated heterocycles. The minimum atomic E-state index is -0.313. The van der Waals surface area contributed by atoms with Gasteiger partial charge in [-0.1, -0.05) is 31.6 Å². The summed E-state index contributed by atoms with van der Waals surface area (Å²) in [6, 6.07) is 6.01. The van der Waals surface area contributed by atoms with Crippen molar-refractivity contribution in [1.29, 1.82) is 0 Å². The maximum Gasteiger partial charge on any atom is 0.260 e. The summed E-state index contributed by atoms with van der Waals surface area (Å²) in [4.78, 5) is 12.6. The van der Waals surface area contributed by atoms with E-state index in [1.165, 1.54) is 29.7 Å². The highest BCUT2D eigenvalue weighted by molar-refractivity contribution is 7.15. The number of amides is 1. The summed E-state index contributed by atoms with van der Waals surface area (Å²) < 4.78 is 14.8. The third-order valence-corrected chi connectivity index (χ3v) is 4.85. The Hall–Kier alpha value is -2.61. The minimum Gasteiger partial charge on any atom is -0.296 e. The molecule has 1 aromatic carbocycles. The summed E-state index contributed by atoms with van der Waals surface area (Å²) in [5, 5.41) is 16.6. The minimum absolute atomic E-state index is 0.270. The number of unbranched alkanes of at least 4 members (excludes halogenated alkanes) is 1. The number of aryl methyl sites for hydroxylation is 1. The van der Waals surface area contributed by atoms with Gasteiger partial charge in [-0.3, -0.25) is 10.1 Å². The number of hydrogen-bond donors (Lipinski definition) is 1. The molecule has 0 aliphatic carbocycles. The molecule has 1 N–H and O–H groups in total. The fourth-order valence-electron chi connectivity index (χ4n) is 2.61. The molecule has 2 heterocycles. The first kappa shape index (κ1) is 18.2. The predicted octanol–water partition coefficient (Wildman–Crippen LogP) is 4.02. The Morgan fingerprint density at radius 2 is 2.00 bits per heavy atom. The molecule has 26 heavy (non-hydrogen) atoms. The standard InChI is InChI=1S/C18H20FN5OS/c1-3-5-6-16-22-23-18(26-16)21-17(25)14-11-20-24(15(14)4-2)13-9-7-12(19)8-10-13/h7-11H,3-6H2,1-2H3,(H,21,23,25). The molecular weight excluding hydrogens is 353 g/mol. The van der Waals surface area contributed by atoms with Gasteiger partial charge in [0.05, 0.1) is 23.1 Å². The van der Waals surface area contributed by atoms with E-state index in [2.05, 4.69) is 27.5 Å². The monoisotopic (exact) mass is 373 g/mol. The lowest BCUT2D eigenvalue weighted by Gasteiger charge is -2.07. The van der Waals surface area contributed by atoms with Crippen LogP contribution < -0.4 is 5.32 Å². The van der Waals surface area contributed by atoms with Crippen LogP contribution in [0.1, 0.15) is 47.7 Å². The van der Waals surface area contributed by atoms with Gasteiger partial charge < -0.3 is 0 Å². The number of benzene rings is 1. The number of aromatic nitrogens is 4. The molecule has 3 aromatic rings. The fourth-order valence-corrected chi connectivity index (χ4v) is 3.38. The highest BCUT2D eigenvalue weighted by atomic mass is 32.1. The Labute approximate surface area is 155 Å². The maximum atomic E-state index is 13.1. The van der Waals surface area contributed by atoms with E-state index in [1.54, 1.807) is 16.8 Å². The number of carbonyl (C=O) groups is 1. The van der Waals surface area contributed by atoms with Gasteiger partial charge >= 0.3 is 0 Å². The summed E-state index contributed by atoms with van der Waals surface area (Å²) >= 11 is 1.39. The Kier molecular flexibility index (Phi) is 5.72. The van der Waals surface area contributed by atoms with Crippen LogP contribution in [0.15, 0.2) is 30.5 Å². The van der Waals surface area contributed by atoms with Crippen LogP contribution in [0.3, 0.4) is 0 Å². The average molecular weight is 373 g/mol. The molecule has 0 bridgehead atoms. The zero-order valence-electron chi connectivity index (χ0n) is 14.7. The van der Waals surface area contributed by atoms with Gasteiger partial charge in [0.15, 0.2) is 0 Å². The van der Waals surface area contributed by atoms with E-state index in [1.807, 2.05) is 6.92 Å². The number of anilines is 1. The molecule has 0 saturated carbocycles. The Morgan fingerprint density at radius 3 is 2.69 bits per heavy atom. The first-order valence-electron chi connectivity index (χ1n) is 8.59. The molecule has 2 aromatic heterocycles. The quantitative estimate of drug-likeness (QED) is 0.679. The van der Waals surface area contributed by atoms with Crippen molar-refractivity contribution in [1.82, 2.24) is 20.0 Å². The van der Waals surface area contributed by atoms with Crippen molar-refractivity contribution < 1.29 is 9.18 Å². The van der Waals surface area contributed by atoms with Crippen molar-refractivity contribution in [3.63, 3.8) is 0 Å². The van der Waals surface area contributed by atoms with Crippen LogP contribution in [0, 0.1) is 5.82 Å². The van der Waals surface area contributed by atoms with Crippen LogP contribution in [0.25, 0.3) is 5.69 Å². The zero-order valence-corrected chi connectivity index (χ0v) is 15.5. The largest absolute Gasteiger partial charge is 0.296 e. The van der Waals surface area contributed by atoms with Gasteiger partial charge in [-0.15, -0.1) is 10.2 Å². The number of rotatable bonds is 7. The van der Waals surface area contributed by atoms with Gasteiger partial charge in [0.2, 0.25) is 5.13 Å². The van der Waals surface area contributed by atoms with E-state index in [0.717, 1.165) is 30.0 Å². The second-order valence-corrected chi connectivity index (χ2v) is 6.87. The van der Waals surface area contributed by atoms with Crippen molar-refractivity contribution in [3.05, 3.63) is 52.5 Å². The maximum absolute atomic E-state index is 13.1. The third kappa shape index (κ3) is 3.96. The Balaban J connectivity index is 1.79. The van der Waals surface area contributed by atoms with Gasteiger partial charge in [0.25, 0.3) is 5.91 Å². The molecule has 6 nitrogen and oxygen atoms in total. The summed E-state index contributed by atoms with van der Waals surface area (Å²) in [6.45, 7) is 4.07. The number of halogens is 1. The molecule has 0 fully saturated rings. The van der Waals surface area contributed by atoms with Crippen molar-refractivity contribution >= 4 is 22.4 Å². The summed E-state index contributed by atoms with van der Waals surface area (Å²) in [6.07, 6.45) is 5.14. The van der Waals surface area contributed by atoms with E-state index in [9.17, 15) is 9.18 Å². The molecule has 0 aliphatic heterocycles. The lowest BCUT2D eigenvalue weighted by atomic mass is 10.2. The molecule has 1 amide bonds. The molecule has 0 spiro atoms. The normalized spacial score (nSPS) is 10.9. The van der Waals surface area contributed by atoms with Gasteiger partial charge in [-0.2, -0.15) is 5.10 Å². The zero-order chi connectivity index (χ0) is 18.5. The van der Waals surface area contributed by atoms with E-state index in [4.69, 9.17) is 0 Å². The van der Waals surface area contributed by atoms with Crippen molar-refractivity contribution in [2.45, 2.75) is 39.5 Å². The van der Waals surface area contributed by atoms with Crippen LogP contribution >= 0.6 is 11.3 Å². The predicted molar refractivity (Wildman–Crippen MR) is 99.4 cm³/mol. The highest BCUT2D eigenvalue weighted by Crippen LogP contribution is 2.20. The second-order valence-electron chi connectivity index (χ2n) is 5.81. The summed E-state index contributed by atoms with van der Waals surface area (Å²) in [7, 11) is 0. The first-order valence-corrected chi connectivity index (χ1v) is 9.40. The van der Waals surface area contributed by atoms with Gasteiger partial charge in [-0.25, -0.2) is 9.07 Å². The van der Waals surface area contributed by atoms with Crippen LogP contribution in [-0.2, 0) is 12.8 Å². The van der Waals surface area contributed by atoms with Crippen molar-refractivity contribution in [2.24, 2.45) is 0 Å². The molecule has 136 valence electrons. The van der Waals surface area contributed by atoms with E-state index in [-0.39, 0.29) is 11.7 Å². The molecule has 0 radical (unpaired) electrons. The van der Waals surface area contributed by atoms with E-state index in [0.29, 0.717) is 22.8 Å². The van der Waals surface area contributed by atoms with Gasteiger partial charge in [0.1, 0.15) is 10.8 Å². The lowest BCUT2D eigenvalue weighted by molar-refractivity contribution is 0.102. The van der Waals surface area contributed by atoms with E-state index >= 15 is 0 Å². The molecule has 0 aliphatic rings. The number of nitrogens with one attached hydrogen (secondary N) is 1. The molecule has 0 atom stereocenters. The van der Waals surface area contributed by atoms with Gasteiger partial charge in [0, 0.05) is 6.42 Å². The number of carbonyl (C=O) groups excluding carboxylic acids is 1. The van der Waals surface area contributed by atoms with Crippen LogP contribution in [0.5, 0.6) is 0 Å². The summed E-state index contributed by atoms with van der Waals surface area (Å²) in [5.74, 6) is -0.583. The van der Waals surface area contributed by atoms with E-state index < -0.39 is 0 Å². The Morgan fingerprint density at radius 1 is 1.23 bits per heavy atom. The first-order chi connectivity index (χ1) is 12.6. The highest BCUT2D eigenvalue weighted by Gasteiger charge is 2.18. The van der Waals surface area contributed by atoms with Gasteiger partial charge in [-0.05, 0) is 37.1 Å². The third-order valence-electron chi connectivity index (χ3n) is 3.95. The molecular formula is C18H20FN5OS. The summed E-state index contributed by atoms with van der Waals surface area (Å²) in [5.41, 5.74) is 1.94. The van der Waals surface area contributed by atoms with Crippen LogP contribution in [0.2, 0.25) is 0 Å². The second kappa shape index (κ2) is 8.18. The number of hydrogen-bond acceptors (Lipinski definition) is 5. The van der Waals surface area contributed by atoms with Crippen LogP contribution in [-0.4, -0.2) is 25.9 Å². The topological polar surface area (TPSA) is 72.7 Å². The van der Waals surface area contributed by atoms with Crippen LogP contribution in [0.4, 0.5) is 9.52 Å². The molecule has 8 heteroatoms. The smallest absolute Gasteiger partial charge is 0.260 e. The Bertz CT molecular complexity index is 887. The lowest BCUT2D eigenvalue weighted by Crippen LogP contribution is -2.14.